The molecule has 0 bridgehead atoms. The third-order valence-electron chi connectivity index (χ3n) is 3.97. The summed E-state index contributed by atoms with van der Waals surface area (Å²) < 4.78 is 5.55. The third kappa shape index (κ3) is 8.48. The Balaban J connectivity index is 2.05. The minimum Gasteiger partial charge on any atom is -0.507 e. The fraction of sp³-hybridized carbons (Fsp3) is 0.632. The molecule has 0 saturated carbocycles. The van der Waals surface area contributed by atoms with Gasteiger partial charge in [-0.05, 0) is 24.6 Å². The van der Waals surface area contributed by atoms with Crippen molar-refractivity contribution in [3.05, 3.63) is 23.8 Å². The predicted octanol–water partition coefficient (Wildman–Crippen LogP) is 5.39. The van der Waals surface area contributed by atoms with Gasteiger partial charge in [0.05, 0.1) is 6.61 Å². The van der Waals surface area contributed by atoms with Crippen LogP contribution in [0.1, 0.15) is 81.5 Å². The van der Waals surface area contributed by atoms with Gasteiger partial charge in [0.25, 0.3) is 0 Å². The Morgan fingerprint density at radius 2 is 1.52 bits per heavy atom. The van der Waals surface area contributed by atoms with Crippen LogP contribution in [-0.2, 0) is 0 Å². The van der Waals surface area contributed by atoms with E-state index in [0.29, 0.717) is 12.4 Å². The normalized spacial score (nSPS) is 10.7. The molecule has 0 amide bonds. The average molecular weight is 322 g/mol. The first-order valence-electron chi connectivity index (χ1n) is 8.84. The number of unbranched alkanes of at least 4 members (excludes halogenated alkanes) is 9. The van der Waals surface area contributed by atoms with Crippen LogP contribution in [-0.4, -0.2) is 22.8 Å². The summed E-state index contributed by atoms with van der Waals surface area (Å²) in [5.74, 6) is -0.883. The van der Waals surface area contributed by atoms with E-state index in [2.05, 4.69) is 6.92 Å². The molecule has 130 valence electrons. The summed E-state index contributed by atoms with van der Waals surface area (Å²) in [7, 11) is 0. The smallest absolute Gasteiger partial charge is 0.339 e. The molecule has 0 aliphatic rings. The monoisotopic (exact) mass is 322 g/mol. The molecule has 1 aromatic carbocycles. The molecule has 0 radical (unpaired) electrons. The first-order valence-corrected chi connectivity index (χ1v) is 8.84. The number of rotatable bonds is 13. The lowest BCUT2D eigenvalue weighted by molar-refractivity contribution is 0.0693. The van der Waals surface area contributed by atoms with Gasteiger partial charge in [-0.1, -0.05) is 64.7 Å². The van der Waals surface area contributed by atoms with Crippen LogP contribution in [0.3, 0.4) is 0 Å². The molecule has 0 saturated heterocycles. The quantitative estimate of drug-likeness (QED) is 0.478. The number of aromatic hydroxyl groups is 1. The number of ether oxygens (including phenoxy) is 1. The zero-order chi connectivity index (χ0) is 16.9. The van der Waals surface area contributed by atoms with Gasteiger partial charge in [-0.25, -0.2) is 4.79 Å². The van der Waals surface area contributed by atoms with Gasteiger partial charge in [-0.15, -0.1) is 0 Å². The second-order valence-electron chi connectivity index (χ2n) is 6.01. The average Bonchev–Trinajstić information content (AvgIpc) is 2.53. The molecule has 0 atom stereocenters. The van der Waals surface area contributed by atoms with Crippen LogP contribution < -0.4 is 4.74 Å². The number of benzene rings is 1. The van der Waals surface area contributed by atoms with Crippen molar-refractivity contribution in [2.75, 3.05) is 6.61 Å². The summed E-state index contributed by atoms with van der Waals surface area (Å²) in [6.45, 7) is 2.82. The Labute approximate surface area is 139 Å². The van der Waals surface area contributed by atoms with Crippen LogP contribution in [0.15, 0.2) is 18.2 Å². The van der Waals surface area contributed by atoms with Gasteiger partial charge in [0.2, 0.25) is 0 Å². The lowest BCUT2D eigenvalue weighted by Crippen LogP contribution is -2.01. The molecule has 23 heavy (non-hydrogen) atoms. The first kappa shape index (κ1) is 19.3. The zero-order valence-corrected chi connectivity index (χ0v) is 14.2. The van der Waals surface area contributed by atoms with Crippen molar-refractivity contribution in [3.63, 3.8) is 0 Å². The number of carboxylic acids is 1. The van der Waals surface area contributed by atoms with Crippen LogP contribution in [0.2, 0.25) is 0 Å². The van der Waals surface area contributed by atoms with E-state index in [1.54, 1.807) is 6.07 Å². The fourth-order valence-electron chi connectivity index (χ4n) is 2.56. The van der Waals surface area contributed by atoms with Crippen molar-refractivity contribution in [2.24, 2.45) is 0 Å². The predicted molar refractivity (Wildman–Crippen MR) is 92.4 cm³/mol. The van der Waals surface area contributed by atoms with Gasteiger partial charge in [0, 0.05) is 0 Å². The molecule has 1 rings (SSSR count). The van der Waals surface area contributed by atoms with Crippen molar-refractivity contribution in [3.8, 4) is 11.5 Å². The van der Waals surface area contributed by atoms with Crippen LogP contribution in [0, 0.1) is 0 Å². The number of phenols is 1. The Morgan fingerprint density at radius 1 is 0.957 bits per heavy atom. The van der Waals surface area contributed by atoms with Gasteiger partial charge < -0.3 is 14.9 Å². The Morgan fingerprint density at radius 3 is 2.09 bits per heavy atom. The standard InChI is InChI=1S/C19H30O4/c1-2-3-4-5-6-7-8-9-10-11-14-23-16-12-13-18(20)17(15-16)19(21)22/h12-13,15,20H,2-11,14H2,1H3,(H,21,22). The Bertz CT molecular complexity index is 457. The van der Waals surface area contributed by atoms with E-state index >= 15 is 0 Å². The van der Waals surface area contributed by atoms with E-state index < -0.39 is 5.97 Å². The van der Waals surface area contributed by atoms with E-state index in [4.69, 9.17) is 9.84 Å². The highest BCUT2D eigenvalue weighted by molar-refractivity contribution is 5.91. The molecule has 0 spiro atoms. The SMILES string of the molecule is CCCCCCCCCCCCOc1ccc(O)c(C(=O)O)c1. The molecule has 2 N–H and O–H groups in total. The lowest BCUT2D eigenvalue weighted by atomic mass is 10.1. The highest BCUT2D eigenvalue weighted by atomic mass is 16.5. The first-order chi connectivity index (χ1) is 11.1. The highest BCUT2D eigenvalue weighted by Gasteiger charge is 2.10. The minimum atomic E-state index is -1.15. The second-order valence-corrected chi connectivity index (χ2v) is 6.01. The molecule has 0 heterocycles. The topological polar surface area (TPSA) is 66.8 Å². The van der Waals surface area contributed by atoms with Crippen molar-refractivity contribution in [1.29, 1.82) is 0 Å². The molecule has 4 nitrogen and oxygen atoms in total. The van der Waals surface area contributed by atoms with Crippen LogP contribution in [0.5, 0.6) is 11.5 Å². The molecular formula is C19H30O4. The summed E-state index contributed by atoms with van der Waals surface area (Å²) in [6, 6.07) is 4.32. The maximum absolute atomic E-state index is 10.9. The molecule has 1 aromatic rings. The zero-order valence-electron chi connectivity index (χ0n) is 14.2. The van der Waals surface area contributed by atoms with E-state index in [1.165, 1.54) is 63.5 Å². The molecule has 0 aliphatic heterocycles. The van der Waals surface area contributed by atoms with Crippen LogP contribution in [0.4, 0.5) is 0 Å². The maximum atomic E-state index is 10.9. The molecule has 0 unspecified atom stereocenters. The van der Waals surface area contributed by atoms with Gasteiger partial charge in [-0.3, -0.25) is 0 Å². The van der Waals surface area contributed by atoms with E-state index in [1.807, 2.05) is 0 Å². The highest BCUT2D eigenvalue weighted by Crippen LogP contribution is 2.23. The summed E-state index contributed by atoms with van der Waals surface area (Å²) in [6.07, 6.45) is 12.7. The molecule has 0 aromatic heterocycles. The lowest BCUT2D eigenvalue weighted by Gasteiger charge is -2.08. The largest absolute Gasteiger partial charge is 0.507 e. The van der Waals surface area contributed by atoms with Gasteiger partial charge in [0.15, 0.2) is 0 Å². The minimum absolute atomic E-state index is 0.120. The molecule has 4 heteroatoms. The van der Waals surface area contributed by atoms with E-state index in [0.717, 1.165) is 12.8 Å². The fourth-order valence-corrected chi connectivity index (χ4v) is 2.56. The van der Waals surface area contributed by atoms with Crippen LogP contribution in [0.25, 0.3) is 0 Å². The molecule has 0 aliphatic carbocycles. The van der Waals surface area contributed by atoms with Crippen molar-refractivity contribution in [2.45, 2.75) is 71.1 Å². The van der Waals surface area contributed by atoms with Gasteiger partial charge >= 0.3 is 5.97 Å². The van der Waals surface area contributed by atoms with Crippen LogP contribution >= 0.6 is 0 Å². The summed E-state index contributed by atoms with van der Waals surface area (Å²) in [4.78, 5) is 10.9. The van der Waals surface area contributed by atoms with Crippen molar-refractivity contribution < 1.29 is 19.7 Å². The van der Waals surface area contributed by atoms with Gasteiger partial charge in [0.1, 0.15) is 17.1 Å². The number of hydrogen-bond acceptors (Lipinski definition) is 3. The number of carboxylic acid groups (broad SMARTS) is 1. The second kappa shape index (κ2) is 11.8. The van der Waals surface area contributed by atoms with Crippen molar-refractivity contribution in [1.82, 2.24) is 0 Å². The summed E-state index contributed by atoms with van der Waals surface area (Å²) in [5, 5.41) is 18.4. The summed E-state index contributed by atoms with van der Waals surface area (Å²) >= 11 is 0. The van der Waals surface area contributed by atoms with Gasteiger partial charge in [-0.2, -0.15) is 0 Å². The number of carbonyl (C=O) groups is 1. The number of hydrogen-bond donors (Lipinski definition) is 2. The molecule has 0 fully saturated rings. The third-order valence-corrected chi connectivity index (χ3v) is 3.97. The Kier molecular flexibility index (Phi) is 9.92. The maximum Gasteiger partial charge on any atom is 0.339 e. The molecular weight excluding hydrogens is 292 g/mol. The van der Waals surface area contributed by atoms with Crippen molar-refractivity contribution >= 4 is 5.97 Å². The van der Waals surface area contributed by atoms with E-state index in [-0.39, 0.29) is 11.3 Å². The Hall–Kier alpha value is -1.71. The van der Waals surface area contributed by atoms with E-state index in [9.17, 15) is 9.90 Å². The summed E-state index contributed by atoms with van der Waals surface area (Å²) in [5.41, 5.74) is -0.120. The number of aromatic carboxylic acids is 1.